The van der Waals surface area contributed by atoms with Crippen molar-refractivity contribution < 1.29 is 18.3 Å². The van der Waals surface area contributed by atoms with Gasteiger partial charge in [-0.3, -0.25) is 0 Å². The van der Waals surface area contributed by atoms with E-state index in [2.05, 4.69) is 0 Å². The Hall–Kier alpha value is -1.81. The summed E-state index contributed by atoms with van der Waals surface area (Å²) in [5.74, 6) is -0.0251. The van der Waals surface area contributed by atoms with Crippen LogP contribution in [0, 0.1) is 0 Å². The molecule has 2 unspecified atom stereocenters. The van der Waals surface area contributed by atoms with Crippen molar-refractivity contribution in [1.82, 2.24) is 0 Å². The summed E-state index contributed by atoms with van der Waals surface area (Å²) < 4.78 is 37.5. The van der Waals surface area contributed by atoms with Crippen molar-refractivity contribution in [2.45, 2.75) is 24.6 Å². The molecule has 3 rings (SSSR count). The van der Waals surface area contributed by atoms with Crippen molar-refractivity contribution in [3.05, 3.63) is 70.8 Å². The number of aliphatic hydroxyl groups is 1. The summed E-state index contributed by atoms with van der Waals surface area (Å²) in [6.45, 7) is 0. The summed E-state index contributed by atoms with van der Waals surface area (Å²) in [6.07, 6.45) is -4.34. The van der Waals surface area contributed by atoms with Crippen LogP contribution in [-0.4, -0.2) is 5.11 Å². The zero-order valence-corrected chi connectivity index (χ0v) is 10.6. The van der Waals surface area contributed by atoms with Crippen molar-refractivity contribution in [3.8, 4) is 0 Å². The highest BCUT2D eigenvalue weighted by Crippen LogP contribution is 2.43. The van der Waals surface area contributed by atoms with Crippen LogP contribution in [0.5, 0.6) is 0 Å². The van der Waals surface area contributed by atoms with Gasteiger partial charge in [-0.2, -0.15) is 13.2 Å². The number of halogens is 3. The van der Waals surface area contributed by atoms with Gasteiger partial charge in [-0.1, -0.05) is 36.4 Å². The van der Waals surface area contributed by atoms with Gasteiger partial charge in [0.15, 0.2) is 0 Å². The lowest BCUT2D eigenvalue weighted by Crippen LogP contribution is -2.23. The fourth-order valence-corrected chi connectivity index (χ4v) is 2.68. The topological polar surface area (TPSA) is 20.2 Å². The molecule has 0 saturated heterocycles. The zero-order valence-electron chi connectivity index (χ0n) is 10.6. The molecule has 0 aliphatic heterocycles. The van der Waals surface area contributed by atoms with Gasteiger partial charge in [-0.15, -0.1) is 0 Å². The molecule has 0 aromatic heterocycles. The Morgan fingerprint density at radius 3 is 2.25 bits per heavy atom. The first-order valence-electron chi connectivity index (χ1n) is 6.40. The number of alkyl halides is 3. The predicted octanol–water partition coefficient (Wildman–Crippen LogP) is 4.08. The minimum Gasteiger partial charge on any atom is -0.388 e. The highest BCUT2D eigenvalue weighted by atomic mass is 19.4. The molecule has 4 heteroatoms. The van der Waals surface area contributed by atoms with E-state index in [-0.39, 0.29) is 5.92 Å². The van der Waals surface area contributed by atoms with Crippen LogP contribution in [0.25, 0.3) is 0 Å². The summed E-state index contributed by atoms with van der Waals surface area (Å²) in [7, 11) is 0. The Kier molecular flexibility index (Phi) is 3.05. The van der Waals surface area contributed by atoms with Crippen LogP contribution in [0.1, 0.15) is 34.3 Å². The average Bonchev–Trinajstić information content (AvgIpc) is 2.39. The van der Waals surface area contributed by atoms with Crippen LogP contribution in [0.4, 0.5) is 13.2 Å². The molecular weight excluding hydrogens is 265 g/mol. The molecule has 0 heterocycles. The van der Waals surface area contributed by atoms with E-state index in [1.165, 1.54) is 17.7 Å². The zero-order chi connectivity index (χ0) is 14.3. The van der Waals surface area contributed by atoms with Gasteiger partial charge in [0.1, 0.15) is 0 Å². The maximum absolute atomic E-state index is 12.5. The quantitative estimate of drug-likeness (QED) is 0.877. The molecule has 0 saturated carbocycles. The largest absolute Gasteiger partial charge is 0.416 e. The van der Waals surface area contributed by atoms with E-state index in [1.807, 2.05) is 24.3 Å². The van der Waals surface area contributed by atoms with E-state index >= 15 is 0 Å². The van der Waals surface area contributed by atoms with Crippen LogP contribution in [0.3, 0.4) is 0 Å². The van der Waals surface area contributed by atoms with Gasteiger partial charge >= 0.3 is 6.18 Å². The fourth-order valence-electron chi connectivity index (χ4n) is 2.68. The lowest BCUT2D eigenvalue weighted by Gasteiger charge is -2.34. The van der Waals surface area contributed by atoms with Crippen molar-refractivity contribution in [2.24, 2.45) is 0 Å². The van der Waals surface area contributed by atoms with Gasteiger partial charge < -0.3 is 5.11 Å². The standard InChI is InChI=1S/C16H13F3O/c17-16(18,19)12-7-5-10(6-8-12)15(20)14-9-11-3-1-2-4-13(11)14/h1-8,14-15,20H,9H2. The van der Waals surface area contributed by atoms with Crippen LogP contribution < -0.4 is 0 Å². The normalized spacial score (nSPS) is 19.1. The molecule has 0 radical (unpaired) electrons. The van der Waals surface area contributed by atoms with Crippen molar-refractivity contribution in [1.29, 1.82) is 0 Å². The average molecular weight is 278 g/mol. The molecule has 104 valence electrons. The molecule has 0 fully saturated rings. The second-order valence-corrected chi connectivity index (χ2v) is 5.07. The molecule has 1 aliphatic rings. The molecule has 1 N–H and O–H groups in total. The van der Waals surface area contributed by atoms with E-state index < -0.39 is 17.8 Å². The number of aliphatic hydroxyl groups excluding tert-OH is 1. The molecule has 0 spiro atoms. The SMILES string of the molecule is OC(c1ccc(C(F)(F)F)cc1)C1Cc2ccccc21. The highest BCUT2D eigenvalue weighted by Gasteiger charge is 2.34. The predicted molar refractivity (Wildman–Crippen MR) is 69.3 cm³/mol. The maximum atomic E-state index is 12.5. The molecule has 20 heavy (non-hydrogen) atoms. The lowest BCUT2D eigenvalue weighted by molar-refractivity contribution is -0.137. The molecule has 1 aliphatic carbocycles. The molecule has 1 nitrogen and oxygen atoms in total. The summed E-state index contributed by atoms with van der Waals surface area (Å²) >= 11 is 0. The van der Waals surface area contributed by atoms with Gasteiger partial charge in [-0.25, -0.2) is 0 Å². The van der Waals surface area contributed by atoms with Crippen molar-refractivity contribution in [2.75, 3.05) is 0 Å². The Bertz CT molecular complexity index is 616. The number of hydrogen-bond donors (Lipinski definition) is 1. The molecule has 2 aromatic carbocycles. The third kappa shape index (κ3) is 2.20. The van der Waals surface area contributed by atoms with E-state index in [1.54, 1.807) is 0 Å². The number of hydrogen-bond acceptors (Lipinski definition) is 1. The monoisotopic (exact) mass is 278 g/mol. The van der Waals surface area contributed by atoms with E-state index in [0.29, 0.717) is 5.56 Å². The first kappa shape index (κ1) is 13.2. The first-order chi connectivity index (χ1) is 9.47. The van der Waals surface area contributed by atoms with Crippen LogP contribution in [-0.2, 0) is 12.6 Å². The lowest BCUT2D eigenvalue weighted by atomic mass is 9.73. The molecular formula is C16H13F3O. The van der Waals surface area contributed by atoms with Crippen LogP contribution in [0.15, 0.2) is 48.5 Å². The maximum Gasteiger partial charge on any atom is 0.416 e. The van der Waals surface area contributed by atoms with E-state index in [0.717, 1.165) is 24.1 Å². The van der Waals surface area contributed by atoms with Crippen molar-refractivity contribution in [3.63, 3.8) is 0 Å². The minimum atomic E-state index is -4.34. The van der Waals surface area contributed by atoms with Crippen molar-refractivity contribution >= 4 is 0 Å². The molecule has 0 bridgehead atoms. The molecule has 2 aromatic rings. The van der Waals surface area contributed by atoms with Gasteiger partial charge in [-0.05, 0) is 35.2 Å². The fraction of sp³-hybridized carbons (Fsp3) is 0.250. The summed E-state index contributed by atoms with van der Waals surface area (Å²) in [5, 5.41) is 10.3. The Balaban J connectivity index is 1.81. The Morgan fingerprint density at radius 1 is 1.00 bits per heavy atom. The summed E-state index contributed by atoms with van der Waals surface area (Å²) in [4.78, 5) is 0. The van der Waals surface area contributed by atoms with Crippen LogP contribution >= 0.6 is 0 Å². The Labute approximate surface area is 114 Å². The van der Waals surface area contributed by atoms with Gasteiger partial charge in [0, 0.05) is 5.92 Å². The molecule has 0 amide bonds. The third-order valence-electron chi connectivity index (χ3n) is 3.86. The van der Waals surface area contributed by atoms with E-state index in [4.69, 9.17) is 0 Å². The molecule has 2 atom stereocenters. The minimum absolute atomic E-state index is 0.0251. The smallest absolute Gasteiger partial charge is 0.388 e. The van der Waals surface area contributed by atoms with Crippen LogP contribution in [0.2, 0.25) is 0 Å². The first-order valence-corrected chi connectivity index (χ1v) is 6.40. The number of fused-ring (bicyclic) bond motifs is 1. The van der Waals surface area contributed by atoms with Gasteiger partial charge in [0.2, 0.25) is 0 Å². The third-order valence-corrected chi connectivity index (χ3v) is 3.86. The van der Waals surface area contributed by atoms with Gasteiger partial charge in [0.25, 0.3) is 0 Å². The highest BCUT2D eigenvalue weighted by molar-refractivity contribution is 5.42. The Morgan fingerprint density at radius 2 is 1.65 bits per heavy atom. The second-order valence-electron chi connectivity index (χ2n) is 5.07. The van der Waals surface area contributed by atoms with Gasteiger partial charge in [0.05, 0.1) is 11.7 Å². The number of rotatable bonds is 2. The number of benzene rings is 2. The second kappa shape index (κ2) is 4.63. The summed E-state index contributed by atoms with van der Waals surface area (Å²) in [6, 6.07) is 12.6. The summed E-state index contributed by atoms with van der Waals surface area (Å²) in [5.41, 5.74) is 2.11. The van der Waals surface area contributed by atoms with E-state index in [9.17, 15) is 18.3 Å².